The van der Waals surface area contributed by atoms with Crippen LogP contribution in [0, 0.1) is 0 Å². The van der Waals surface area contributed by atoms with Crippen molar-refractivity contribution in [1.82, 2.24) is 0 Å². The van der Waals surface area contributed by atoms with Gasteiger partial charge in [0.15, 0.2) is 11.5 Å². The molecular weight excluding hydrogens is 453 g/mol. The van der Waals surface area contributed by atoms with Crippen molar-refractivity contribution in [3.8, 4) is 11.5 Å². The minimum Gasteiger partial charge on any atom is -0.489 e. The quantitative estimate of drug-likeness (QED) is 0.227. The zero-order valence-electron chi connectivity index (χ0n) is 17.5. The standard InChI is InChI=1S/C24H21Cl2NO5/c1-29-24(28)22(27-30-2)19-11-7-6-10-17(19)15-31-18-12-20(25)23(21(26)13-18)32-14-16-8-4-3-5-9-16/h3-13H,14-15H2,1-2H3/b27-22+. The number of ether oxygens (including phenoxy) is 3. The van der Waals surface area contributed by atoms with Crippen LogP contribution in [-0.4, -0.2) is 25.9 Å². The molecule has 0 fully saturated rings. The number of hydrogen-bond donors (Lipinski definition) is 0. The SMILES string of the molecule is CO/N=C(/C(=O)OC)c1ccccc1COc1cc(Cl)c(OCc2ccccc2)c(Cl)c1. The van der Waals surface area contributed by atoms with Crippen LogP contribution in [0.3, 0.4) is 0 Å². The van der Waals surface area contributed by atoms with Gasteiger partial charge in [0, 0.05) is 17.7 Å². The summed E-state index contributed by atoms with van der Waals surface area (Å²) in [7, 11) is 2.63. The fourth-order valence-corrected chi connectivity index (χ4v) is 3.49. The average Bonchev–Trinajstić information content (AvgIpc) is 2.81. The number of esters is 1. The largest absolute Gasteiger partial charge is 0.489 e. The third kappa shape index (κ3) is 5.93. The first kappa shape index (κ1) is 23.4. The number of nitrogens with zero attached hydrogens (tertiary/aromatic N) is 1. The summed E-state index contributed by atoms with van der Waals surface area (Å²) >= 11 is 12.8. The number of hydrogen-bond acceptors (Lipinski definition) is 6. The Labute approximate surface area is 196 Å². The molecule has 32 heavy (non-hydrogen) atoms. The van der Waals surface area contributed by atoms with E-state index in [1.54, 1.807) is 24.3 Å². The summed E-state index contributed by atoms with van der Waals surface area (Å²) in [6.07, 6.45) is 0. The Balaban J connectivity index is 1.75. The Hall–Kier alpha value is -3.22. The molecule has 0 saturated heterocycles. The Morgan fingerprint density at radius 1 is 0.875 bits per heavy atom. The summed E-state index contributed by atoms with van der Waals surface area (Å²) in [6, 6.07) is 20.1. The fourth-order valence-electron chi connectivity index (χ4n) is 2.91. The van der Waals surface area contributed by atoms with E-state index in [0.29, 0.717) is 39.3 Å². The van der Waals surface area contributed by atoms with Crippen molar-refractivity contribution in [3.05, 3.63) is 93.5 Å². The minimum atomic E-state index is -0.620. The molecule has 0 saturated carbocycles. The van der Waals surface area contributed by atoms with Gasteiger partial charge in [-0.2, -0.15) is 0 Å². The van der Waals surface area contributed by atoms with E-state index in [4.69, 9.17) is 42.3 Å². The van der Waals surface area contributed by atoms with E-state index in [2.05, 4.69) is 5.16 Å². The Kier molecular flexibility index (Phi) is 8.36. The van der Waals surface area contributed by atoms with Crippen LogP contribution in [0.15, 0.2) is 71.9 Å². The summed E-state index contributed by atoms with van der Waals surface area (Å²) in [5, 5.41) is 4.45. The van der Waals surface area contributed by atoms with Gasteiger partial charge in [-0.05, 0) is 11.1 Å². The predicted molar refractivity (Wildman–Crippen MR) is 124 cm³/mol. The Morgan fingerprint density at radius 2 is 1.53 bits per heavy atom. The highest BCUT2D eigenvalue weighted by Gasteiger charge is 2.19. The van der Waals surface area contributed by atoms with Crippen molar-refractivity contribution in [3.63, 3.8) is 0 Å². The molecule has 0 spiro atoms. The highest BCUT2D eigenvalue weighted by Crippen LogP contribution is 2.37. The number of halogens is 2. The monoisotopic (exact) mass is 473 g/mol. The molecule has 0 N–H and O–H groups in total. The molecule has 0 aliphatic rings. The zero-order chi connectivity index (χ0) is 22.9. The summed E-state index contributed by atoms with van der Waals surface area (Å²) < 4.78 is 16.5. The molecule has 0 atom stereocenters. The van der Waals surface area contributed by atoms with Crippen LogP contribution >= 0.6 is 23.2 Å². The lowest BCUT2D eigenvalue weighted by Gasteiger charge is -2.14. The topological polar surface area (TPSA) is 66.4 Å². The molecular formula is C24H21Cl2NO5. The molecule has 0 radical (unpaired) electrons. The predicted octanol–water partition coefficient (Wildman–Crippen LogP) is 5.67. The summed E-state index contributed by atoms with van der Waals surface area (Å²) in [5.74, 6) is 0.209. The van der Waals surface area contributed by atoms with Crippen molar-refractivity contribution in [1.29, 1.82) is 0 Å². The first-order chi connectivity index (χ1) is 15.5. The molecule has 0 bridgehead atoms. The van der Waals surface area contributed by atoms with Gasteiger partial charge in [-0.3, -0.25) is 0 Å². The second-order valence-electron chi connectivity index (χ2n) is 6.55. The third-order valence-electron chi connectivity index (χ3n) is 4.43. The second-order valence-corrected chi connectivity index (χ2v) is 7.36. The molecule has 0 amide bonds. The fraction of sp³-hybridized carbons (Fsp3) is 0.167. The number of benzene rings is 3. The number of carbonyl (C=O) groups is 1. The molecule has 0 unspecified atom stereocenters. The van der Waals surface area contributed by atoms with Gasteiger partial charge in [0.05, 0.1) is 17.2 Å². The lowest BCUT2D eigenvalue weighted by molar-refractivity contribution is -0.132. The summed E-state index contributed by atoms with van der Waals surface area (Å²) in [4.78, 5) is 16.9. The van der Waals surface area contributed by atoms with Crippen molar-refractivity contribution in [2.24, 2.45) is 5.16 Å². The van der Waals surface area contributed by atoms with E-state index < -0.39 is 5.97 Å². The van der Waals surface area contributed by atoms with Crippen LogP contribution in [0.25, 0.3) is 0 Å². The van der Waals surface area contributed by atoms with Crippen molar-refractivity contribution in [2.75, 3.05) is 14.2 Å². The van der Waals surface area contributed by atoms with E-state index in [0.717, 1.165) is 5.56 Å². The smallest absolute Gasteiger partial charge is 0.360 e. The van der Waals surface area contributed by atoms with Crippen molar-refractivity contribution >= 4 is 34.9 Å². The van der Waals surface area contributed by atoms with E-state index >= 15 is 0 Å². The van der Waals surface area contributed by atoms with Crippen LogP contribution in [0.5, 0.6) is 11.5 Å². The van der Waals surface area contributed by atoms with Crippen LogP contribution in [-0.2, 0) is 27.6 Å². The average molecular weight is 474 g/mol. The number of methoxy groups -OCH3 is 1. The maximum absolute atomic E-state index is 12.1. The van der Waals surface area contributed by atoms with Crippen molar-refractivity contribution < 1.29 is 23.8 Å². The van der Waals surface area contributed by atoms with Gasteiger partial charge in [-0.1, -0.05) is 83.0 Å². The van der Waals surface area contributed by atoms with Gasteiger partial charge in [0.2, 0.25) is 0 Å². The molecule has 0 aromatic heterocycles. The number of carbonyl (C=O) groups excluding carboxylic acids is 1. The first-order valence-electron chi connectivity index (χ1n) is 9.59. The van der Waals surface area contributed by atoms with Gasteiger partial charge in [-0.15, -0.1) is 0 Å². The molecule has 6 nitrogen and oxygen atoms in total. The Bertz CT molecular complexity index is 1080. The second kappa shape index (κ2) is 11.4. The van der Waals surface area contributed by atoms with Crippen LogP contribution in [0.2, 0.25) is 10.0 Å². The maximum atomic E-state index is 12.1. The molecule has 0 heterocycles. The van der Waals surface area contributed by atoms with Gasteiger partial charge >= 0.3 is 5.97 Å². The van der Waals surface area contributed by atoms with E-state index in [9.17, 15) is 4.79 Å². The van der Waals surface area contributed by atoms with Crippen molar-refractivity contribution in [2.45, 2.75) is 13.2 Å². The highest BCUT2D eigenvalue weighted by molar-refractivity contribution is 6.43. The number of rotatable bonds is 9. The normalized spacial score (nSPS) is 11.1. The molecule has 0 aliphatic carbocycles. The molecule has 8 heteroatoms. The molecule has 166 valence electrons. The van der Waals surface area contributed by atoms with Gasteiger partial charge < -0.3 is 19.0 Å². The van der Waals surface area contributed by atoms with Crippen LogP contribution in [0.4, 0.5) is 0 Å². The zero-order valence-corrected chi connectivity index (χ0v) is 19.0. The lowest BCUT2D eigenvalue weighted by Crippen LogP contribution is -2.19. The molecule has 3 rings (SSSR count). The highest BCUT2D eigenvalue weighted by atomic mass is 35.5. The number of oxime groups is 1. The maximum Gasteiger partial charge on any atom is 0.360 e. The van der Waals surface area contributed by atoms with Gasteiger partial charge in [0.1, 0.15) is 26.1 Å². The minimum absolute atomic E-state index is 0.0370. The van der Waals surface area contributed by atoms with Crippen LogP contribution in [0.1, 0.15) is 16.7 Å². The van der Waals surface area contributed by atoms with E-state index in [1.807, 2.05) is 42.5 Å². The van der Waals surface area contributed by atoms with Gasteiger partial charge in [0.25, 0.3) is 0 Å². The van der Waals surface area contributed by atoms with Gasteiger partial charge in [-0.25, -0.2) is 4.79 Å². The van der Waals surface area contributed by atoms with E-state index in [1.165, 1.54) is 14.2 Å². The van der Waals surface area contributed by atoms with E-state index in [-0.39, 0.29) is 12.3 Å². The van der Waals surface area contributed by atoms with Crippen LogP contribution < -0.4 is 9.47 Å². The molecule has 0 aliphatic heterocycles. The first-order valence-corrected chi connectivity index (χ1v) is 10.4. The molecule has 3 aromatic carbocycles. The molecule has 3 aromatic rings. The lowest BCUT2D eigenvalue weighted by atomic mass is 10.0. The third-order valence-corrected chi connectivity index (χ3v) is 4.99. The Morgan fingerprint density at radius 3 is 2.19 bits per heavy atom. The summed E-state index contributed by atoms with van der Waals surface area (Å²) in [6.45, 7) is 0.468. The summed E-state index contributed by atoms with van der Waals surface area (Å²) in [5.41, 5.74) is 2.26.